The molecule has 0 N–H and O–H groups in total. The molecule has 0 aliphatic rings. The fourth-order valence-corrected chi connectivity index (χ4v) is 2.52. The number of rotatable bonds is 3. The predicted molar refractivity (Wildman–Crippen MR) is 73.1 cm³/mol. The average molecular weight is 240 g/mol. The summed E-state index contributed by atoms with van der Waals surface area (Å²) in [5.74, 6) is 0.948. The first-order valence-corrected chi connectivity index (χ1v) is 6.63. The second-order valence-corrected chi connectivity index (χ2v) is 5.22. The van der Waals surface area contributed by atoms with Crippen LogP contribution in [0.25, 0.3) is 0 Å². The van der Waals surface area contributed by atoms with Gasteiger partial charge in [-0.15, -0.1) is 0 Å². The number of hydrogen-bond donors (Lipinski definition) is 0. The lowest BCUT2D eigenvalue weighted by molar-refractivity contribution is 0.604. The third kappa shape index (κ3) is 2.98. The number of hydrogen-bond acceptors (Lipinski definition) is 1. The summed E-state index contributed by atoms with van der Waals surface area (Å²) in [7, 11) is 0.374. The molecule has 0 aromatic heterocycles. The van der Waals surface area contributed by atoms with Crippen LogP contribution in [0.15, 0.2) is 42.5 Å². The highest BCUT2D eigenvalue weighted by molar-refractivity contribution is 6.48. The van der Waals surface area contributed by atoms with Crippen molar-refractivity contribution < 1.29 is 4.43 Å². The van der Waals surface area contributed by atoms with Gasteiger partial charge in [0.25, 0.3) is 0 Å². The van der Waals surface area contributed by atoms with Crippen molar-refractivity contribution in [2.75, 3.05) is 0 Å². The Labute approximate surface area is 105 Å². The van der Waals surface area contributed by atoms with E-state index in [-0.39, 0.29) is 0 Å². The zero-order valence-corrected chi connectivity index (χ0v) is 11.4. The first kappa shape index (κ1) is 11.9. The summed E-state index contributed by atoms with van der Waals surface area (Å²) in [6, 6.07) is 14.5. The Kier molecular flexibility index (Phi) is 3.64. The highest BCUT2D eigenvalue weighted by atomic mass is 28.2. The zero-order chi connectivity index (χ0) is 12.3. The van der Waals surface area contributed by atoms with Gasteiger partial charge in [-0.25, -0.2) is 0 Å². The summed E-state index contributed by atoms with van der Waals surface area (Å²) >= 11 is 0. The van der Waals surface area contributed by atoms with Crippen molar-refractivity contribution in [3.8, 4) is 5.75 Å². The van der Waals surface area contributed by atoms with Gasteiger partial charge in [-0.05, 0) is 54.8 Å². The summed E-state index contributed by atoms with van der Waals surface area (Å²) < 4.78 is 5.84. The van der Waals surface area contributed by atoms with Gasteiger partial charge in [-0.3, -0.25) is 0 Å². The largest absolute Gasteiger partial charge is 0.536 e. The molecule has 0 spiro atoms. The van der Waals surface area contributed by atoms with E-state index in [0.29, 0.717) is 9.76 Å². The molecule has 1 nitrogen and oxygen atoms in total. The highest BCUT2D eigenvalue weighted by Gasteiger charge is 2.04. The molecule has 0 saturated carbocycles. The van der Waals surface area contributed by atoms with Gasteiger partial charge in [0, 0.05) is 0 Å². The zero-order valence-electron chi connectivity index (χ0n) is 10.4. The van der Waals surface area contributed by atoms with Crippen molar-refractivity contribution in [2.45, 2.75) is 20.8 Å². The van der Waals surface area contributed by atoms with Gasteiger partial charge in [0.15, 0.2) is 0 Å². The van der Waals surface area contributed by atoms with Crippen LogP contribution in [0.1, 0.15) is 16.7 Å². The SMILES string of the molecule is Cc1cccc(O[Si]c2cccc(C)c2C)c1. The van der Waals surface area contributed by atoms with Crippen LogP contribution in [0.4, 0.5) is 0 Å². The molecule has 0 fully saturated rings. The van der Waals surface area contributed by atoms with E-state index in [2.05, 4.69) is 51.1 Å². The third-order valence-corrected chi connectivity index (χ3v) is 3.97. The smallest absolute Gasteiger partial charge is 0.351 e. The molecular weight excluding hydrogens is 224 g/mol. The Bertz CT molecular complexity index is 520. The van der Waals surface area contributed by atoms with Gasteiger partial charge in [-0.1, -0.05) is 30.3 Å². The fourth-order valence-electron chi connectivity index (χ4n) is 1.65. The highest BCUT2D eigenvalue weighted by Crippen LogP contribution is 2.12. The lowest BCUT2D eigenvalue weighted by atomic mass is 10.1. The molecule has 2 aromatic carbocycles. The summed E-state index contributed by atoms with van der Waals surface area (Å²) in [6.45, 7) is 6.36. The first-order chi connectivity index (χ1) is 8.16. The van der Waals surface area contributed by atoms with E-state index in [1.165, 1.54) is 21.9 Å². The topological polar surface area (TPSA) is 9.23 Å². The van der Waals surface area contributed by atoms with E-state index in [9.17, 15) is 0 Å². The number of aryl methyl sites for hydroxylation is 2. The molecule has 0 unspecified atom stereocenters. The molecule has 0 saturated heterocycles. The summed E-state index contributed by atoms with van der Waals surface area (Å²) in [4.78, 5) is 0. The molecule has 2 heteroatoms. The van der Waals surface area contributed by atoms with Crippen LogP contribution in [0, 0.1) is 20.8 Å². The van der Waals surface area contributed by atoms with Crippen LogP contribution < -0.4 is 9.61 Å². The molecule has 0 aliphatic carbocycles. The summed E-state index contributed by atoms with van der Waals surface area (Å²) in [5.41, 5.74) is 3.88. The summed E-state index contributed by atoms with van der Waals surface area (Å²) in [6.07, 6.45) is 0. The second-order valence-electron chi connectivity index (χ2n) is 4.27. The standard InChI is InChI=1S/C15H16OSi/c1-11-6-4-8-14(10-11)16-17-15-9-5-7-12(2)13(15)3/h4-10H,1-3H3. The molecule has 2 radical (unpaired) electrons. The van der Waals surface area contributed by atoms with Gasteiger partial charge in [0.2, 0.25) is 0 Å². The third-order valence-electron chi connectivity index (χ3n) is 2.87. The molecule has 86 valence electrons. The molecule has 17 heavy (non-hydrogen) atoms. The monoisotopic (exact) mass is 240 g/mol. The number of benzene rings is 2. The molecule has 2 rings (SSSR count). The van der Waals surface area contributed by atoms with Crippen molar-refractivity contribution in [1.29, 1.82) is 0 Å². The normalized spacial score (nSPS) is 10.3. The minimum Gasteiger partial charge on any atom is -0.536 e. The van der Waals surface area contributed by atoms with Crippen LogP contribution in [0.5, 0.6) is 5.75 Å². The van der Waals surface area contributed by atoms with Gasteiger partial charge in [0.1, 0.15) is 5.75 Å². The second kappa shape index (κ2) is 5.19. The maximum atomic E-state index is 5.84. The van der Waals surface area contributed by atoms with Crippen molar-refractivity contribution in [3.05, 3.63) is 59.2 Å². The van der Waals surface area contributed by atoms with Gasteiger partial charge in [-0.2, -0.15) is 0 Å². The molecule has 0 atom stereocenters. The van der Waals surface area contributed by atoms with Gasteiger partial charge in [0.05, 0.1) is 0 Å². The van der Waals surface area contributed by atoms with Crippen LogP contribution >= 0.6 is 0 Å². The Morgan fingerprint density at radius 3 is 2.47 bits per heavy atom. The quantitative estimate of drug-likeness (QED) is 0.750. The molecule has 0 amide bonds. The minimum absolute atomic E-state index is 0.374. The van der Waals surface area contributed by atoms with Crippen molar-refractivity contribution in [3.63, 3.8) is 0 Å². The van der Waals surface area contributed by atoms with Gasteiger partial charge >= 0.3 is 9.76 Å². The van der Waals surface area contributed by atoms with Crippen molar-refractivity contribution in [1.82, 2.24) is 0 Å². The van der Waals surface area contributed by atoms with Gasteiger partial charge < -0.3 is 4.43 Å². The molecular formula is C15H16OSi. The Hall–Kier alpha value is -1.54. The predicted octanol–water partition coefficient (Wildman–Crippen LogP) is 2.94. The Balaban J connectivity index is 2.10. The van der Waals surface area contributed by atoms with Crippen LogP contribution in [0.3, 0.4) is 0 Å². The average Bonchev–Trinajstić information content (AvgIpc) is 2.31. The lowest BCUT2D eigenvalue weighted by Gasteiger charge is -2.09. The van der Waals surface area contributed by atoms with E-state index in [4.69, 9.17) is 4.43 Å². The first-order valence-electron chi connectivity index (χ1n) is 5.72. The molecule has 2 aromatic rings. The Morgan fingerprint density at radius 2 is 1.71 bits per heavy atom. The van der Waals surface area contributed by atoms with Crippen LogP contribution in [0.2, 0.25) is 0 Å². The summed E-state index contributed by atoms with van der Waals surface area (Å²) in [5, 5.41) is 1.28. The lowest BCUT2D eigenvalue weighted by Crippen LogP contribution is -2.23. The van der Waals surface area contributed by atoms with E-state index >= 15 is 0 Å². The molecule has 0 aliphatic heterocycles. The van der Waals surface area contributed by atoms with Crippen molar-refractivity contribution >= 4 is 14.9 Å². The van der Waals surface area contributed by atoms with E-state index in [1.54, 1.807) is 0 Å². The van der Waals surface area contributed by atoms with Crippen molar-refractivity contribution in [2.24, 2.45) is 0 Å². The van der Waals surface area contributed by atoms with E-state index in [1.807, 2.05) is 12.1 Å². The Morgan fingerprint density at radius 1 is 0.941 bits per heavy atom. The maximum Gasteiger partial charge on any atom is 0.351 e. The fraction of sp³-hybridized carbons (Fsp3) is 0.200. The van der Waals surface area contributed by atoms with Crippen LogP contribution in [-0.2, 0) is 0 Å². The van der Waals surface area contributed by atoms with Crippen LogP contribution in [-0.4, -0.2) is 9.76 Å². The molecule has 0 heterocycles. The molecule has 0 bridgehead atoms. The van der Waals surface area contributed by atoms with E-state index < -0.39 is 0 Å². The maximum absolute atomic E-state index is 5.84. The van der Waals surface area contributed by atoms with E-state index in [0.717, 1.165) is 5.75 Å². The minimum atomic E-state index is 0.374.